The van der Waals surface area contributed by atoms with Gasteiger partial charge in [-0.25, -0.2) is 4.39 Å². The van der Waals surface area contributed by atoms with Crippen LogP contribution in [0.5, 0.6) is 5.75 Å². The van der Waals surface area contributed by atoms with Gasteiger partial charge in [0.25, 0.3) is 0 Å². The Bertz CT molecular complexity index is 537. The lowest BCUT2D eigenvalue weighted by Gasteiger charge is -2.06. The van der Waals surface area contributed by atoms with Gasteiger partial charge in [0.05, 0.1) is 12.3 Å². The highest BCUT2D eigenvalue weighted by atomic mass is 19.1. The molecule has 0 aliphatic rings. The summed E-state index contributed by atoms with van der Waals surface area (Å²) in [5, 5.41) is 4.02. The number of aryl methyl sites for hydroxylation is 1. The lowest BCUT2D eigenvalue weighted by atomic mass is 10.1. The Balaban J connectivity index is 2.41. The van der Waals surface area contributed by atoms with Gasteiger partial charge in [-0.2, -0.15) is 5.10 Å². The molecule has 0 spiro atoms. The van der Waals surface area contributed by atoms with Gasteiger partial charge < -0.3 is 10.5 Å². The molecular formula is C12H14FN3O. The quantitative estimate of drug-likeness (QED) is 0.887. The molecule has 2 N–H and O–H groups in total. The largest absolute Gasteiger partial charge is 0.491 e. The Kier molecular flexibility index (Phi) is 2.99. The maximum Gasteiger partial charge on any atom is 0.165 e. The number of rotatable bonds is 3. The number of aromatic nitrogens is 2. The number of nitrogens with two attached hydrogens (primary N) is 1. The number of nitrogen functional groups attached to an aromatic ring is 1. The van der Waals surface area contributed by atoms with Crippen LogP contribution in [0.1, 0.15) is 6.92 Å². The molecule has 0 aliphatic carbocycles. The average Bonchev–Trinajstić information content (AvgIpc) is 2.61. The van der Waals surface area contributed by atoms with E-state index >= 15 is 0 Å². The van der Waals surface area contributed by atoms with E-state index in [0.29, 0.717) is 12.4 Å². The van der Waals surface area contributed by atoms with Crippen molar-refractivity contribution < 1.29 is 9.13 Å². The van der Waals surface area contributed by atoms with Crippen LogP contribution in [0.3, 0.4) is 0 Å². The van der Waals surface area contributed by atoms with Gasteiger partial charge in [-0.05, 0) is 25.1 Å². The fourth-order valence-electron chi connectivity index (χ4n) is 1.69. The molecule has 4 nitrogen and oxygen atoms in total. The Hall–Kier alpha value is -2.04. The van der Waals surface area contributed by atoms with Crippen LogP contribution in [-0.2, 0) is 7.05 Å². The van der Waals surface area contributed by atoms with Gasteiger partial charge in [0.1, 0.15) is 5.82 Å². The third kappa shape index (κ3) is 2.22. The Morgan fingerprint density at radius 2 is 2.18 bits per heavy atom. The molecule has 1 heterocycles. The molecule has 17 heavy (non-hydrogen) atoms. The molecule has 0 saturated heterocycles. The molecule has 90 valence electrons. The first-order chi connectivity index (χ1) is 8.11. The van der Waals surface area contributed by atoms with Crippen LogP contribution in [0.2, 0.25) is 0 Å². The molecule has 0 radical (unpaired) electrons. The van der Waals surface area contributed by atoms with Crippen molar-refractivity contribution in [1.29, 1.82) is 0 Å². The number of ether oxygens (including phenoxy) is 1. The van der Waals surface area contributed by atoms with Gasteiger partial charge in [0.2, 0.25) is 0 Å². The highest BCUT2D eigenvalue weighted by Crippen LogP contribution is 2.26. The molecular weight excluding hydrogens is 221 g/mol. The summed E-state index contributed by atoms with van der Waals surface area (Å²) < 4.78 is 20.4. The molecule has 2 aromatic rings. The second-order valence-corrected chi connectivity index (χ2v) is 3.66. The van der Waals surface area contributed by atoms with Crippen molar-refractivity contribution in [3.05, 3.63) is 30.1 Å². The summed E-state index contributed by atoms with van der Waals surface area (Å²) in [6.07, 6.45) is 0. The van der Waals surface area contributed by atoms with Gasteiger partial charge in [0, 0.05) is 18.7 Å². The highest BCUT2D eigenvalue weighted by molar-refractivity contribution is 5.63. The van der Waals surface area contributed by atoms with Crippen LogP contribution in [0.15, 0.2) is 24.3 Å². The fraction of sp³-hybridized carbons (Fsp3) is 0.250. The van der Waals surface area contributed by atoms with Crippen molar-refractivity contribution in [2.24, 2.45) is 7.05 Å². The van der Waals surface area contributed by atoms with Gasteiger partial charge in [0.15, 0.2) is 11.6 Å². The predicted molar refractivity (Wildman–Crippen MR) is 64.2 cm³/mol. The molecule has 0 atom stereocenters. The van der Waals surface area contributed by atoms with Crippen molar-refractivity contribution in [2.45, 2.75) is 6.92 Å². The first-order valence-electron chi connectivity index (χ1n) is 5.34. The van der Waals surface area contributed by atoms with E-state index < -0.39 is 0 Å². The number of halogens is 1. The topological polar surface area (TPSA) is 53.1 Å². The first-order valence-corrected chi connectivity index (χ1v) is 5.34. The minimum Gasteiger partial charge on any atom is -0.491 e. The number of benzene rings is 1. The van der Waals surface area contributed by atoms with Crippen LogP contribution < -0.4 is 10.5 Å². The minimum absolute atomic E-state index is 0.256. The monoisotopic (exact) mass is 235 g/mol. The van der Waals surface area contributed by atoms with Crippen molar-refractivity contribution >= 4 is 5.82 Å². The summed E-state index contributed by atoms with van der Waals surface area (Å²) >= 11 is 0. The molecule has 1 aromatic heterocycles. The van der Waals surface area contributed by atoms with E-state index in [4.69, 9.17) is 10.5 Å². The summed E-state index contributed by atoms with van der Waals surface area (Å²) in [6, 6.07) is 6.51. The Morgan fingerprint density at radius 3 is 2.71 bits per heavy atom. The van der Waals surface area contributed by atoms with E-state index in [1.807, 2.05) is 6.92 Å². The summed E-state index contributed by atoms with van der Waals surface area (Å²) in [5.74, 6) is 0.285. The normalized spacial score (nSPS) is 10.5. The van der Waals surface area contributed by atoms with Crippen LogP contribution in [-0.4, -0.2) is 16.4 Å². The molecule has 0 aliphatic heterocycles. The third-order valence-electron chi connectivity index (χ3n) is 2.43. The molecule has 0 amide bonds. The molecule has 0 saturated carbocycles. The zero-order valence-electron chi connectivity index (χ0n) is 9.77. The third-order valence-corrected chi connectivity index (χ3v) is 2.43. The van der Waals surface area contributed by atoms with E-state index in [0.717, 1.165) is 11.3 Å². The van der Waals surface area contributed by atoms with Crippen molar-refractivity contribution in [2.75, 3.05) is 12.3 Å². The van der Waals surface area contributed by atoms with Crippen LogP contribution in [0.4, 0.5) is 10.2 Å². The number of nitrogens with zero attached hydrogens (tertiary/aromatic N) is 2. The van der Waals surface area contributed by atoms with E-state index in [9.17, 15) is 4.39 Å². The number of hydrogen-bond donors (Lipinski definition) is 1. The zero-order valence-corrected chi connectivity index (χ0v) is 9.77. The molecule has 0 bridgehead atoms. The van der Waals surface area contributed by atoms with Gasteiger partial charge in [-0.15, -0.1) is 0 Å². The van der Waals surface area contributed by atoms with E-state index in [1.165, 1.54) is 6.07 Å². The number of hydrogen-bond acceptors (Lipinski definition) is 3. The van der Waals surface area contributed by atoms with E-state index in [-0.39, 0.29) is 11.6 Å². The Labute approximate surface area is 98.8 Å². The molecule has 2 rings (SSSR count). The SMILES string of the molecule is CCOc1ccc(-c2cc(N)nn2C)cc1F. The van der Waals surface area contributed by atoms with Crippen molar-refractivity contribution in [3.63, 3.8) is 0 Å². The maximum absolute atomic E-state index is 13.7. The van der Waals surface area contributed by atoms with Crippen LogP contribution >= 0.6 is 0 Å². The molecule has 0 fully saturated rings. The summed E-state index contributed by atoms with van der Waals surface area (Å²) in [7, 11) is 1.76. The standard InChI is InChI=1S/C12H14FN3O/c1-3-17-11-5-4-8(6-9(11)13)10-7-12(14)15-16(10)2/h4-7H,3H2,1-2H3,(H2,14,15). The predicted octanol–water partition coefficient (Wildman–Crippen LogP) is 2.21. The lowest BCUT2D eigenvalue weighted by Crippen LogP contribution is -1.97. The Morgan fingerprint density at radius 1 is 1.41 bits per heavy atom. The second-order valence-electron chi connectivity index (χ2n) is 3.66. The summed E-state index contributed by atoms with van der Waals surface area (Å²) in [4.78, 5) is 0. The van der Waals surface area contributed by atoms with Crippen LogP contribution in [0, 0.1) is 5.82 Å². The molecule has 5 heteroatoms. The average molecular weight is 235 g/mol. The van der Waals surface area contributed by atoms with Crippen molar-refractivity contribution in [1.82, 2.24) is 9.78 Å². The highest BCUT2D eigenvalue weighted by Gasteiger charge is 2.09. The minimum atomic E-state index is -0.385. The molecule has 0 unspecified atom stereocenters. The van der Waals surface area contributed by atoms with E-state index in [1.54, 1.807) is 29.9 Å². The van der Waals surface area contributed by atoms with E-state index in [2.05, 4.69) is 5.10 Å². The summed E-state index contributed by atoms with van der Waals surface area (Å²) in [5.41, 5.74) is 7.07. The lowest BCUT2D eigenvalue weighted by molar-refractivity contribution is 0.321. The first kappa shape index (κ1) is 11.4. The molecule has 1 aromatic carbocycles. The second kappa shape index (κ2) is 4.45. The van der Waals surface area contributed by atoms with Crippen LogP contribution in [0.25, 0.3) is 11.3 Å². The van der Waals surface area contributed by atoms with Gasteiger partial charge in [-0.3, -0.25) is 4.68 Å². The zero-order chi connectivity index (χ0) is 12.4. The van der Waals surface area contributed by atoms with Crippen molar-refractivity contribution in [3.8, 4) is 17.0 Å². The van der Waals surface area contributed by atoms with Gasteiger partial charge in [-0.1, -0.05) is 0 Å². The van der Waals surface area contributed by atoms with Gasteiger partial charge >= 0.3 is 0 Å². The maximum atomic E-state index is 13.7. The number of anilines is 1. The summed E-state index contributed by atoms with van der Waals surface area (Å²) in [6.45, 7) is 2.25. The fourth-order valence-corrected chi connectivity index (χ4v) is 1.69. The smallest absolute Gasteiger partial charge is 0.165 e.